The number of rotatable bonds is 3. The highest BCUT2D eigenvalue weighted by Gasteiger charge is 2.42. The molecule has 24 heavy (non-hydrogen) atoms. The normalized spacial score (nSPS) is 34.0. The number of fused-ring (bicyclic) bond motifs is 1. The van der Waals surface area contributed by atoms with Crippen LogP contribution in [0.3, 0.4) is 0 Å². The number of carbonyl (C=O) groups excluding carboxylic acids is 1. The summed E-state index contributed by atoms with van der Waals surface area (Å²) in [6.45, 7) is 4.78. The minimum absolute atomic E-state index is 0.0833. The van der Waals surface area contributed by atoms with E-state index in [-0.39, 0.29) is 29.6 Å². The molecule has 0 bridgehead atoms. The molecule has 0 aromatic carbocycles. The third-order valence-electron chi connectivity index (χ3n) is 5.49. The molecule has 2 saturated heterocycles. The summed E-state index contributed by atoms with van der Waals surface area (Å²) in [5, 5.41) is 5.34. The van der Waals surface area contributed by atoms with Crippen molar-refractivity contribution < 1.29 is 19.0 Å². The Morgan fingerprint density at radius 1 is 1.42 bits per heavy atom. The zero-order valence-corrected chi connectivity index (χ0v) is 14.9. The van der Waals surface area contributed by atoms with Crippen molar-refractivity contribution in [1.29, 1.82) is 0 Å². The van der Waals surface area contributed by atoms with Crippen LogP contribution in [0.25, 0.3) is 0 Å². The molecular formula is C18H25NO4S. The first-order valence-corrected chi connectivity index (χ1v) is 9.75. The highest BCUT2D eigenvalue weighted by molar-refractivity contribution is 7.10. The van der Waals surface area contributed by atoms with Gasteiger partial charge in [0.25, 0.3) is 0 Å². The van der Waals surface area contributed by atoms with E-state index in [2.05, 4.69) is 16.8 Å². The summed E-state index contributed by atoms with van der Waals surface area (Å²) in [5.41, 5.74) is 1.02. The zero-order valence-electron chi connectivity index (χ0n) is 14.1. The fraction of sp³-hybridized carbons (Fsp3) is 0.722. The fourth-order valence-electron chi connectivity index (χ4n) is 4.07. The van der Waals surface area contributed by atoms with Gasteiger partial charge in [-0.2, -0.15) is 0 Å². The van der Waals surface area contributed by atoms with E-state index in [0.29, 0.717) is 19.8 Å². The van der Waals surface area contributed by atoms with E-state index >= 15 is 0 Å². The van der Waals surface area contributed by atoms with Crippen molar-refractivity contribution in [3.63, 3.8) is 0 Å². The van der Waals surface area contributed by atoms with E-state index in [1.54, 1.807) is 11.3 Å². The number of thiophene rings is 1. The van der Waals surface area contributed by atoms with Gasteiger partial charge >= 0.3 is 0 Å². The average Bonchev–Trinajstić information content (AvgIpc) is 3.23. The van der Waals surface area contributed by atoms with Crippen LogP contribution in [0, 0.1) is 5.92 Å². The number of nitrogens with one attached hydrogen (secondary N) is 1. The van der Waals surface area contributed by atoms with Gasteiger partial charge < -0.3 is 19.5 Å². The van der Waals surface area contributed by atoms with Gasteiger partial charge in [-0.1, -0.05) is 6.92 Å². The van der Waals surface area contributed by atoms with E-state index < -0.39 is 0 Å². The largest absolute Gasteiger partial charge is 0.378 e. The monoisotopic (exact) mass is 351 g/mol. The van der Waals surface area contributed by atoms with Crippen molar-refractivity contribution in [2.45, 2.75) is 50.4 Å². The third-order valence-corrected chi connectivity index (χ3v) is 6.48. The van der Waals surface area contributed by atoms with Crippen molar-refractivity contribution in [3.05, 3.63) is 21.9 Å². The van der Waals surface area contributed by atoms with Gasteiger partial charge in [-0.15, -0.1) is 11.3 Å². The molecule has 1 N–H and O–H groups in total. The first-order chi connectivity index (χ1) is 11.7. The Morgan fingerprint density at radius 3 is 3.17 bits per heavy atom. The molecule has 1 aromatic heterocycles. The van der Waals surface area contributed by atoms with E-state index in [0.717, 1.165) is 32.3 Å². The van der Waals surface area contributed by atoms with E-state index in [1.807, 2.05) is 6.92 Å². The predicted molar refractivity (Wildman–Crippen MR) is 91.2 cm³/mol. The first kappa shape index (κ1) is 16.5. The lowest BCUT2D eigenvalue weighted by atomic mass is 9.88. The number of amides is 1. The minimum Gasteiger partial charge on any atom is -0.378 e. The summed E-state index contributed by atoms with van der Waals surface area (Å²) in [6, 6.07) is 2.27. The van der Waals surface area contributed by atoms with Crippen LogP contribution >= 0.6 is 11.3 Å². The first-order valence-electron chi connectivity index (χ1n) is 8.87. The molecule has 4 heterocycles. The summed E-state index contributed by atoms with van der Waals surface area (Å²) in [7, 11) is 0. The zero-order chi connectivity index (χ0) is 16.6. The van der Waals surface area contributed by atoms with Gasteiger partial charge in [-0.3, -0.25) is 4.79 Å². The van der Waals surface area contributed by atoms with Crippen LogP contribution in [-0.4, -0.2) is 44.0 Å². The molecule has 1 spiro atoms. The molecule has 3 aliphatic rings. The smallest absolute Gasteiger partial charge is 0.226 e. The van der Waals surface area contributed by atoms with Crippen LogP contribution < -0.4 is 5.32 Å². The van der Waals surface area contributed by atoms with Crippen LogP contribution in [-0.2, 0) is 25.4 Å². The maximum atomic E-state index is 12.8. The topological polar surface area (TPSA) is 56.8 Å². The SMILES string of the molecule is CC(C(=O)NC1CCOC2(CCOC2)C1)C1OCCc2sccc21. The second kappa shape index (κ2) is 6.75. The maximum Gasteiger partial charge on any atom is 0.226 e. The van der Waals surface area contributed by atoms with Crippen LogP contribution in [0.4, 0.5) is 0 Å². The van der Waals surface area contributed by atoms with E-state index in [9.17, 15) is 4.79 Å². The molecule has 0 saturated carbocycles. The molecule has 132 valence electrons. The van der Waals surface area contributed by atoms with Crippen LogP contribution in [0.1, 0.15) is 42.7 Å². The second-order valence-corrected chi connectivity index (χ2v) is 8.16. The molecule has 4 rings (SSSR count). The number of hydrogen-bond acceptors (Lipinski definition) is 5. The summed E-state index contributed by atoms with van der Waals surface area (Å²) < 4.78 is 17.4. The Hall–Kier alpha value is -0.950. The van der Waals surface area contributed by atoms with Crippen molar-refractivity contribution in [3.8, 4) is 0 Å². The third kappa shape index (κ3) is 3.12. The number of hydrogen-bond donors (Lipinski definition) is 1. The highest BCUT2D eigenvalue weighted by atomic mass is 32.1. The Kier molecular flexibility index (Phi) is 4.64. The molecule has 5 nitrogen and oxygen atoms in total. The van der Waals surface area contributed by atoms with Crippen LogP contribution in [0.15, 0.2) is 11.4 Å². The maximum absolute atomic E-state index is 12.8. The van der Waals surface area contributed by atoms with E-state index in [4.69, 9.17) is 14.2 Å². The summed E-state index contributed by atoms with van der Waals surface area (Å²) in [4.78, 5) is 14.1. The van der Waals surface area contributed by atoms with E-state index in [1.165, 1.54) is 10.4 Å². The molecular weight excluding hydrogens is 326 g/mol. The quantitative estimate of drug-likeness (QED) is 0.909. The van der Waals surface area contributed by atoms with Crippen molar-refractivity contribution >= 4 is 17.2 Å². The van der Waals surface area contributed by atoms with Gasteiger partial charge in [0.15, 0.2) is 0 Å². The Labute approximate surface area is 146 Å². The predicted octanol–water partition coefficient (Wildman–Crippen LogP) is 2.45. The molecule has 0 radical (unpaired) electrons. The molecule has 2 fully saturated rings. The number of carbonyl (C=O) groups is 1. The van der Waals surface area contributed by atoms with Crippen molar-refractivity contribution in [2.24, 2.45) is 5.92 Å². The lowest BCUT2D eigenvalue weighted by Gasteiger charge is -2.38. The molecule has 4 atom stereocenters. The lowest BCUT2D eigenvalue weighted by Crippen LogP contribution is -2.50. The molecule has 0 aliphatic carbocycles. The summed E-state index contributed by atoms with van der Waals surface area (Å²) in [5.74, 6) is -0.0997. The fourth-order valence-corrected chi connectivity index (χ4v) is 4.97. The standard InChI is InChI=1S/C18H25NO4S/c1-12(16-14-4-9-24-15(14)3-6-22-16)17(20)19-13-2-7-23-18(10-13)5-8-21-11-18/h4,9,12-13,16H,2-3,5-8,10-11H2,1H3,(H,19,20). The van der Waals surface area contributed by atoms with Crippen LogP contribution in [0.2, 0.25) is 0 Å². The summed E-state index contributed by atoms with van der Waals surface area (Å²) >= 11 is 1.76. The Balaban J connectivity index is 1.39. The molecule has 1 amide bonds. The molecule has 6 heteroatoms. The highest BCUT2D eigenvalue weighted by Crippen LogP contribution is 2.37. The summed E-state index contributed by atoms with van der Waals surface area (Å²) in [6.07, 6.45) is 3.48. The molecule has 3 aliphatic heterocycles. The molecule has 4 unspecified atom stereocenters. The van der Waals surface area contributed by atoms with Crippen molar-refractivity contribution in [2.75, 3.05) is 26.4 Å². The van der Waals surface area contributed by atoms with Gasteiger partial charge in [0, 0.05) is 37.0 Å². The van der Waals surface area contributed by atoms with Gasteiger partial charge in [0.2, 0.25) is 5.91 Å². The lowest BCUT2D eigenvalue weighted by molar-refractivity contribution is -0.134. The molecule has 1 aromatic rings. The minimum atomic E-state index is -0.183. The Morgan fingerprint density at radius 2 is 2.33 bits per heavy atom. The Bertz CT molecular complexity index is 596. The van der Waals surface area contributed by atoms with Gasteiger partial charge in [-0.05, 0) is 29.9 Å². The second-order valence-electron chi connectivity index (χ2n) is 7.16. The van der Waals surface area contributed by atoms with Gasteiger partial charge in [0.05, 0.1) is 30.8 Å². The number of ether oxygens (including phenoxy) is 3. The van der Waals surface area contributed by atoms with Crippen molar-refractivity contribution in [1.82, 2.24) is 5.32 Å². The van der Waals surface area contributed by atoms with Gasteiger partial charge in [-0.25, -0.2) is 0 Å². The van der Waals surface area contributed by atoms with Gasteiger partial charge in [0.1, 0.15) is 0 Å². The average molecular weight is 351 g/mol. The van der Waals surface area contributed by atoms with Crippen LogP contribution in [0.5, 0.6) is 0 Å².